The van der Waals surface area contributed by atoms with Gasteiger partial charge in [0.05, 0.1) is 11.8 Å². The SMILES string of the molecule is CCC1CCC(C2CCC(C(F)(F)Oc3cc(F)c(F)c(F)c3)CC2)CC1.CCCC1CCC(C2CCC(C(F)(F)Oc3cc(F)c(F)c(F)c3)CC2)CC1. The third kappa shape index (κ3) is 11.5. The fourth-order valence-electron chi connectivity index (χ4n) is 9.94. The van der Waals surface area contributed by atoms with Crippen molar-refractivity contribution in [3.8, 4) is 11.5 Å². The van der Waals surface area contributed by atoms with Crippen LogP contribution < -0.4 is 9.47 Å². The quantitative estimate of drug-likeness (QED) is 0.167. The smallest absolute Gasteiger partial charge is 0.400 e. The molecular weight excluding hydrogens is 738 g/mol. The first-order chi connectivity index (χ1) is 26.1. The molecule has 0 atom stereocenters. The van der Waals surface area contributed by atoms with Crippen molar-refractivity contribution in [3.05, 3.63) is 59.2 Å². The summed E-state index contributed by atoms with van der Waals surface area (Å²) in [6.45, 7) is 4.43. The maximum absolute atomic E-state index is 14.5. The Kier molecular flexibility index (Phi) is 15.2. The lowest BCUT2D eigenvalue weighted by atomic mass is 9.68. The molecule has 0 heterocycles. The molecule has 310 valence electrons. The highest BCUT2D eigenvalue weighted by Crippen LogP contribution is 2.48. The Bertz CT molecular complexity index is 1460. The molecular formula is C43H56F10O2. The van der Waals surface area contributed by atoms with E-state index in [0.717, 1.165) is 37.5 Å². The molecule has 2 aromatic rings. The van der Waals surface area contributed by atoms with Crippen molar-refractivity contribution in [2.75, 3.05) is 0 Å². The summed E-state index contributed by atoms with van der Waals surface area (Å²) in [5.41, 5.74) is 0. The van der Waals surface area contributed by atoms with Crippen LogP contribution in [0, 0.1) is 82.2 Å². The van der Waals surface area contributed by atoms with Crippen LogP contribution in [0.25, 0.3) is 0 Å². The van der Waals surface area contributed by atoms with Crippen LogP contribution in [0.2, 0.25) is 0 Å². The molecule has 6 rings (SSSR count). The molecule has 4 saturated carbocycles. The van der Waals surface area contributed by atoms with Crippen LogP contribution in [-0.2, 0) is 0 Å². The van der Waals surface area contributed by atoms with Gasteiger partial charge in [0, 0.05) is 24.3 Å². The molecule has 0 radical (unpaired) electrons. The molecule has 0 bridgehead atoms. The number of hydrogen-bond donors (Lipinski definition) is 0. The minimum absolute atomic E-state index is 0.331. The van der Waals surface area contributed by atoms with Gasteiger partial charge in [0.1, 0.15) is 11.5 Å². The Morgan fingerprint density at radius 2 is 0.745 bits per heavy atom. The fraction of sp³-hybridized carbons (Fsp3) is 0.721. The van der Waals surface area contributed by atoms with Crippen LogP contribution in [0.15, 0.2) is 24.3 Å². The number of hydrogen-bond acceptors (Lipinski definition) is 2. The second-order valence-corrected chi connectivity index (χ2v) is 16.7. The predicted molar refractivity (Wildman–Crippen MR) is 191 cm³/mol. The first-order valence-electron chi connectivity index (χ1n) is 20.5. The van der Waals surface area contributed by atoms with Gasteiger partial charge < -0.3 is 9.47 Å². The van der Waals surface area contributed by atoms with Crippen LogP contribution in [0.3, 0.4) is 0 Å². The van der Waals surface area contributed by atoms with Gasteiger partial charge in [-0.1, -0.05) is 58.8 Å². The zero-order valence-corrected chi connectivity index (χ0v) is 32.0. The normalized spacial score (nSPS) is 29.2. The number of alkyl halides is 4. The standard InChI is InChI=1S/C22H29F5O.C21H27F5O/c1-2-3-14-4-6-15(7-5-14)16-8-10-17(11-9-16)22(26,27)28-18-12-19(23)21(25)20(24)13-18;1-2-13-3-5-14(6-4-13)15-7-9-16(10-8-15)21(25,26)27-17-11-18(22)20(24)19(23)12-17/h12-17H,2-11H2,1H3;11-16H,2-10H2,1H3. The molecule has 0 spiro atoms. The minimum Gasteiger partial charge on any atom is -0.432 e. The molecule has 55 heavy (non-hydrogen) atoms. The largest absolute Gasteiger partial charge is 0.432 e. The molecule has 2 nitrogen and oxygen atoms in total. The Labute approximate surface area is 319 Å². The predicted octanol–water partition coefficient (Wildman–Crippen LogP) is 14.6. The summed E-state index contributed by atoms with van der Waals surface area (Å²) in [4.78, 5) is 0. The van der Waals surface area contributed by atoms with Gasteiger partial charge in [-0.3, -0.25) is 0 Å². The highest BCUT2D eigenvalue weighted by Gasteiger charge is 2.46. The van der Waals surface area contributed by atoms with E-state index in [9.17, 15) is 43.9 Å². The summed E-state index contributed by atoms with van der Waals surface area (Å²) in [6, 6.07) is 1.85. The van der Waals surface area contributed by atoms with Gasteiger partial charge in [-0.2, -0.15) is 17.6 Å². The van der Waals surface area contributed by atoms with E-state index in [1.165, 1.54) is 70.6 Å². The fourth-order valence-corrected chi connectivity index (χ4v) is 9.94. The summed E-state index contributed by atoms with van der Waals surface area (Å²) in [6.07, 6.45) is 10.7. The van der Waals surface area contributed by atoms with Gasteiger partial charge in [0.25, 0.3) is 0 Å². The second kappa shape index (κ2) is 19.2. The maximum Gasteiger partial charge on any atom is 0.400 e. The lowest BCUT2D eigenvalue weighted by Crippen LogP contribution is -2.38. The molecule has 0 amide bonds. The van der Waals surface area contributed by atoms with E-state index in [4.69, 9.17) is 0 Å². The monoisotopic (exact) mass is 794 g/mol. The van der Waals surface area contributed by atoms with E-state index in [0.29, 0.717) is 73.6 Å². The van der Waals surface area contributed by atoms with Crippen LogP contribution >= 0.6 is 0 Å². The zero-order valence-electron chi connectivity index (χ0n) is 32.0. The molecule has 12 heteroatoms. The topological polar surface area (TPSA) is 18.5 Å². The van der Waals surface area contributed by atoms with Gasteiger partial charge in [0.15, 0.2) is 34.9 Å². The minimum atomic E-state index is -3.53. The number of rotatable bonds is 11. The van der Waals surface area contributed by atoms with E-state index in [1.54, 1.807) is 0 Å². The van der Waals surface area contributed by atoms with Crippen molar-refractivity contribution in [2.45, 2.75) is 148 Å². The average molecular weight is 795 g/mol. The van der Waals surface area contributed by atoms with Crippen molar-refractivity contribution in [3.63, 3.8) is 0 Å². The van der Waals surface area contributed by atoms with Crippen LogP contribution in [0.1, 0.15) is 136 Å². The summed E-state index contributed by atoms with van der Waals surface area (Å²) in [7, 11) is 0. The van der Waals surface area contributed by atoms with E-state index in [1.807, 2.05) is 0 Å². The van der Waals surface area contributed by atoms with Crippen LogP contribution in [0.4, 0.5) is 43.9 Å². The lowest BCUT2D eigenvalue weighted by Gasteiger charge is -2.39. The molecule has 0 saturated heterocycles. The summed E-state index contributed by atoms with van der Waals surface area (Å²) in [5.74, 6) is -9.01. The number of benzene rings is 2. The number of halogens is 10. The van der Waals surface area contributed by atoms with Crippen molar-refractivity contribution in [1.82, 2.24) is 0 Å². The first-order valence-corrected chi connectivity index (χ1v) is 20.5. The Hall–Kier alpha value is -2.66. The molecule has 0 aliphatic heterocycles. The third-order valence-corrected chi connectivity index (χ3v) is 13.3. The zero-order chi connectivity index (χ0) is 39.9. The van der Waals surface area contributed by atoms with Crippen LogP contribution in [0.5, 0.6) is 11.5 Å². The first kappa shape index (κ1) is 43.5. The molecule has 2 aromatic carbocycles. The maximum atomic E-state index is 14.5. The summed E-state index contributed by atoms with van der Waals surface area (Å²) >= 11 is 0. The Balaban J connectivity index is 0.000000211. The summed E-state index contributed by atoms with van der Waals surface area (Å²) in [5, 5.41) is 0. The Morgan fingerprint density at radius 1 is 0.455 bits per heavy atom. The van der Waals surface area contributed by atoms with E-state index in [2.05, 4.69) is 23.3 Å². The van der Waals surface area contributed by atoms with Crippen LogP contribution in [-0.4, -0.2) is 12.2 Å². The molecule has 4 aliphatic carbocycles. The third-order valence-electron chi connectivity index (χ3n) is 13.3. The van der Waals surface area contributed by atoms with E-state index < -0.39 is 70.5 Å². The van der Waals surface area contributed by atoms with Gasteiger partial charge in [-0.15, -0.1) is 0 Å². The van der Waals surface area contributed by atoms with Gasteiger partial charge in [0.2, 0.25) is 0 Å². The van der Waals surface area contributed by atoms with Crippen molar-refractivity contribution in [1.29, 1.82) is 0 Å². The van der Waals surface area contributed by atoms with Gasteiger partial charge in [-0.25, -0.2) is 26.3 Å². The molecule has 4 aliphatic rings. The highest BCUT2D eigenvalue weighted by molar-refractivity contribution is 5.26. The molecule has 0 unspecified atom stereocenters. The highest BCUT2D eigenvalue weighted by atomic mass is 19.3. The van der Waals surface area contributed by atoms with Crippen molar-refractivity contribution >= 4 is 0 Å². The Morgan fingerprint density at radius 3 is 1.04 bits per heavy atom. The van der Waals surface area contributed by atoms with Crippen molar-refractivity contribution < 1.29 is 53.4 Å². The molecule has 4 fully saturated rings. The van der Waals surface area contributed by atoms with E-state index >= 15 is 0 Å². The molecule has 0 N–H and O–H groups in total. The van der Waals surface area contributed by atoms with Crippen molar-refractivity contribution in [2.24, 2.45) is 47.3 Å². The summed E-state index contributed by atoms with van der Waals surface area (Å²) < 4.78 is 146. The van der Waals surface area contributed by atoms with Gasteiger partial charge in [-0.05, 0) is 113 Å². The second-order valence-electron chi connectivity index (χ2n) is 16.7. The number of ether oxygens (including phenoxy) is 2. The average Bonchev–Trinajstić information content (AvgIpc) is 3.16. The van der Waals surface area contributed by atoms with E-state index in [-0.39, 0.29) is 0 Å². The van der Waals surface area contributed by atoms with Gasteiger partial charge >= 0.3 is 12.2 Å². The lowest BCUT2D eigenvalue weighted by molar-refractivity contribution is -0.225. The molecule has 0 aromatic heterocycles.